The monoisotopic (exact) mass is 237 g/mol. The molecule has 0 aliphatic rings. The predicted molar refractivity (Wildman–Crippen MR) is 55.6 cm³/mol. The summed E-state index contributed by atoms with van der Waals surface area (Å²) in [5, 5.41) is 33.3. The van der Waals surface area contributed by atoms with Crippen molar-refractivity contribution < 1.29 is 30.0 Å². The first-order valence-electron chi connectivity index (χ1n) is 4.70. The summed E-state index contributed by atoms with van der Waals surface area (Å²) < 4.78 is 0. The van der Waals surface area contributed by atoms with Crippen LogP contribution in [0.2, 0.25) is 0 Å². The van der Waals surface area contributed by atoms with Crippen LogP contribution in [0.4, 0.5) is 0 Å². The van der Waals surface area contributed by atoms with Crippen LogP contribution in [-0.2, 0) is 9.59 Å². The second-order valence-corrected chi connectivity index (χ2v) is 3.22. The third-order valence-corrected chi connectivity index (χ3v) is 1.73. The Bertz CT molecular complexity index is 194. The van der Waals surface area contributed by atoms with Crippen LogP contribution in [0.3, 0.4) is 0 Å². The molecule has 96 valence electrons. The summed E-state index contributed by atoms with van der Waals surface area (Å²) in [5.41, 5.74) is 0. The first-order valence-corrected chi connectivity index (χ1v) is 4.70. The van der Waals surface area contributed by atoms with Crippen LogP contribution in [-0.4, -0.2) is 56.8 Å². The third kappa shape index (κ3) is 12.8. The molecule has 0 heterocycles. The van der Waals surface area contributed by atoms with Crippen molar-refractivity contribution >= 4 is 11.9 Å². The lowest BCUT2D eigenvalue weighted by atomic mass is 10.3. The molecule has 0 saturated carbocycles. The number of rotatable bonds is 5. The minimum absolute atomic E-state index is 0.296. The number of nitrogens with zero attached hydrogens (tertiary/aromatic N) is 1. The number of carbonyl (C=O) groups is 2. The Morgan fingerprint density at radius 2 is 1.25 bits per heavy atom. The summed E-state index contributed by atoms with van der Waals surface area (Å²) in [6.45, 7) is 3.21. The second kappa shape index (κ2) is 9.08. The van der Waals surface area contributed by atoms with Gasteiger partial charge in [0.2, 0.25) is 0 Å². The standard InChI is InChI=1S/C5H13NO2.C4H6O4/c1-4(7)6(3)5(2)8;5-3(6)1-2-4(7)8/h4-5,7-8H,1-3H3;1-2H2,(H,5,6)(H,7,8). The zero-order valence-corrected chi connectivity index (χ0v) is 9.62. The van der Waals surface area contributed by atoms with Crippen LogP contribution >= 0.6 is 0 Å². The van der Waals surface area contributed by atoms with Crippen LogP contribution < -0.4 is 0 Å². The number of aliphatic hydroxyl groups is 2. The van der Waals surface area contributed by atoms with Crippen molar-refractivity contribution in [3.05, 3.63) is 0 Å². The third-order valence-electron chi connectivity index (χ3n) is 1.73. The maximum Gasteiger partial charge on any atom is 0.303 e. The topological polar surface area (TPSA) is 118 Å². The summed E-state index contributed by atoms with van der Waals surface area (Å²) in [6.07, 6.45) is -1.74. The number of aliphatic hydroxyl groups excluding tert-OH is 2. The molecule has 0 rings (SSSR count). The molecule has 0 fully saturated rings. The van der Waals surface area contributed by atoms with E-state index in [1.54, 1.807) is 20.9 Å². The van der Waals surface area contributed by atoms with E-state index in [4.69, 9.17) is 20.4 Å². The maximum absolute atomic E-state index is 9.64. The van der Waals surface area contributed by atoms with Gasteiger partial charge >= 0.3 is 11.9 Å². The Labute approximate surface area is 93.9 Å². The van der Waals surface area contributed by atoms with Crippen LogP contribution in [0.5, 0.6) is 0 Å². The molecule has 2 atom stereocenters. The van der Waals surface area contributed by atoms with Crippen molar-refractivity contribution in [2.24, 2.45) is 0 Å². The number of hydrogen-bond donors (Lipinski definition) is 4. The average molecular weight is 237 g/mol. The summed E-state index contributed by atoms with van der Waals surface area (Å²) in [7, 11) is 1.65. The highest BCUT2D eigenvalue weighted by Gasteiger charge is 2.08. The zero-order chi connectivity index (χ0) is 13.3. The highest BCUT2D eigenvalue weighted by molar-refractivity contribution is 5.75. The van der Waals surface area contributed by atoms with Gasteiger partial charge in [-0.2, -0.15) is 0 Å². The van der Waals surface area contributed by atoms with Crippen LogP contribution in [0.25, 0.3) is 0 Å². The van der Waals surface area contributed by atoms with Gasteiger partial charge in [0, 0.05) is 0 Å². The molecule has 2 unspecified atom stereocenters. The van der Waals surface area contributed by atoms with E-state index in [1.165, 1.54) is 4.90 Å². The lowest BCUT2D eigenvalue weighted by molar-refractivity contribution is -0.143. The van der Waals surface area contributed by atoms with E-state index in [1.807, 2.05) is 0 Å². The van der Waals surface area contributed by atoms with Crippen LogP contribution in [0, 0.1) is 0 Å². The Morgan fingerprint density at radius 3 is 1.31 bits per heavy atom. The fourth-order valence-electron chi connectivity index (χ4n) is 0.526. The number of aliphatic carboxylic acids is 2. The highest BCUT2D eigenvalue weighted by Crippen LogP contribution is 1.93. The van der Waals surface area contributed by atoms with Gasteiger partial charge in [0.15, 0.2) is 0 Å². The van der Waals surface area contributed by atoms with Gasteiger partial charge in [-0.1, -0.05) is 0 Å². The molecule has 7 nitrogen and oxygen atoms in total. The molecule has 0 spiro atoms. The van der Waals surface area contributed by atoms with Crippen molar-refractivity contribution in [3.63, 3.8) is 0 Å². The SMILES string of the molecule is CC(O)N(C)C(C)O.O=C(O)CCC(=O)O. The molecule has 16 heavy (non-hydrogen) atoms. The minimum atomic E-state index is -1.08. The second-order valence-electron chi connectivity index (χ2n) is 3.22. The van der Waals surface area contributed by atoms with Crippen LogP contribution in [0.15, 0.2) is 0 Å². The lowest BCUT2D eigenvalue weighted by Crippen LogP contribution is -2.36. The Balaban J connectivity index is 0. The van der Waals surface area contributed by atoms with E-state index in [0.717, 1.165) is 0 Å². The Hall–Kier alpha value is -1.18. The largest absolute Gasteiger partial charge is 0.481 e. The van der Waals surface area contributed by atoms with Crippen molar-refractivity contribution in [1.29, 1.82) is 0 Å². The highest BCUT2D eigenvalue weighted by atomic mass is 16.4. The Kier molecular flexibility index (Phi) is 9.77. The van der Waals surface area contributed by atoms with Crippen molar-refractivity contribution in [2.45, 2.75) is 39.1 Å². The lowest BCUT2D eigenvalue weighted by Gasteiger charge is -2.22. The fraction of sp³-hybridized carbons (Fsp3) is 0.778. The number of hydrogen-bond acceptors (Lipinski definition) is 5. The minimum Gasteiger partial charge on any atom is -0.481 e. The van der Waals surface area contributed by atoms with Gasteiger partial charge < -0.3 is 20.4 Å². The maximum atomic E-state index is 9.64. The van der Waals surface area contributed by atoms with E-state index in [0.29, 0.717) is 0 Å². The van der Waals surface area contributed by atoms with Gasteiger partial charge in [0.25, 0.3) is 0 Å². The first kappa shape index (κ1) is 17.2. The molecule has 0 amide bonds. The van der Waals surface area contributed by atoms with Gasteiger partial charge in [0.1, 0.15) is 12.5 Å². The fourth-order valence-corrected chi connectivity index (χ4v) is 0.526. The molecule has 0 saturated heterocycles. The van der Waals surface area contributed by atoms with Crippen molar-refractivity contribution in [3.8, 4) is 0 Å². The predicted octanol–water partition coefficient (Wildman–Crippen LogP) is -0.469. The summed E-state index contributed by atoms with van der Waals surface area (Å²) in [6, 6.07) is 0. The van der Waals surface area contributed by atoms with Gasteiger partial charge in [-0.15, -0.1) is 0 Å². The molecule has 7 heteroatoms. The van der Waals surface area contributed by atoms with E-state index in [9.17, 15) is 9.59 Å². The van der Waals surface area contributed by atoms with Crippen molar-refractivity contribution in [2.75, 3.05) is 7.05 Å². The number of carboxylic acids is 2. The van der Waals surface area contributed by atoms with Gasteiger partial charge in [-0.05, 0) is 20.9 Å². The molecule has 0 aromatic carbocycles. The molecule has 0 aliphatic carbocycles. The smallest absolute Gasteiger partial charge is 0.303 e. The van der Waals surface area contributed by atoms with E-state index in [2.05, 4.69) is 0 Å². The quantitative estimate of drug-likeness (QED) is 0.477. The molecule has 0 aromatic rings. The van der Waals surface area contributed by atoms with E-state index in [-0.39, 0.29) is 12.8 Å². The van der Waals surface area contributed by atoms with Crippen molar-refractivity contribution in [1.82, 2.24) is 4.90 Å². The molecule has 0 aliphatic heterocycles. The molecule has 0 aromatic heterocycles. The average Bonchev–Trinajstić information content (AvgIpc) is 2.14. The first-order chi connectivity index (χ1) is 7.18. The van der Waals surface area contributed by atoms with Gasteiger partial charge in [-0.25, -0.2) is 0 Å². The molecule has 0 bridgehead atoms. The molecule has 4 N–H and O–H groups in total. The normalized spacial score (nSPS) is 13.6. The summed E-state index contributed by atoms with van der Waals surface area (Å²) >= 11 is 0. The van der Waals surface area contributed by atoms with E-state index >= 15 is 0 Å². The summed E-state index contributed by atoms with van der Waals surface area (Å²) in [4.78, 5) is 20.7. The van der Waals surface area contributed by atoms with Gasteiger partial charge in [-0.3, -0.25) is 14.5 Å². The Morgan fingerprint density at radius 1 is 1.00 bits per heavy atom. The van der Waals surface area contributed by atoms with Gasteiger partial charge in [0.05, 0.1) is 12.8 Å². The number of carboxylic acid groups (broad SMARTS) is 2. The van der Waals surface area contributed by atoms with E-state index < -0.39 is 24.4 Å². The molecular formula is C9H19NO6. The summed E-state index contributed by atoms with van der Waals surface area (Å²) in [5.74, 6) is -2.15. The van der Waals surface area contributed by atoms with Crippen LogP contribution in [0.1, 0.15) is 26.7 Å². The molecular weight excluding hydrogens is 218 g/mol. The zero-order valence-electron chi connectivity index (χ0n) is 9.62. The molecule has 0 radical (unpaired) electrons.